The molecule has 0 aliphatic carbocycles. The van der Waals surface area contributed by atoms with Crippen molar-refractivity contribution in [2.24, 2.45) is 0 Å². The second-order valence-electron chi connectivity index (χ2n) is 1.82. The van der Waals surface area contributed by atoms with E-state index < -0.39 is 5.97 Å². The van der Waals surface area contributed by atoms with Crippen LogP contribution in [0.3, 0.4) is 0 Å². The summed E-state index contributed by atoms with van der Waals surface area (Å²) in [7, 11) is 0. The maximum Gasteiger partial charge on any atom is 1.00 e. The van der Waals surface area contributed by atoms with Gasteiger partial charge in [-0.15, -0.1) is 0 Å². The maximum absolute atomic E-state index is 10.3. The van der Waals surface area contributed by atoms with E-state index in [9.17, 15) is 4.79 Å². The minimum atomic E-state index is -1.11. The fraction of sp³-hybridized carbons (Fsp3) is 0. The van der Waals surface area contributed by atoms with E-state index in [4.69, 9.17) is 32.5 Å². The molecule has 1 aromatic rings. The number of phenols is 1. The van der Waals surface area contributed by atoms with Crippen LogP contribution >= 0.6 is 0 Å². The molecule has 0 amide bonds. The van der Waals surface area contributed by atoms with Gasteiger partial charge in [-0.2, -0.15) is 0 Å². The topological polar surface area (TPSA) is 121 Å². The molecule has 0 aliphatic heterocycles. The third-order valence-corrected chi connectivity index (χ3v) is 1.13. The molecule has 0 fully saturated rings. The van der Waals surface area contributed by atoms with Gasteiger partial charge in [0.15, 0.2) is 0 Å². The number of carboxylic acid groups (broad SMARTS) is 1. The molecule has 1 aromatic carbocycles. The van der Waals surface area contributed by atoms with Gasteiger partial charge in [0.1, 0.15) is 11.3 Å². The van der Waals surface area contributed by atoms with Crippen molar-refractivity contribution in [2.45, 2.75) is 0 Å². The average molecular weight is 273 g/mol. The molecule has 0 bridgehead atoms. The van der Waals surface area contributed by atoms with Gasteiger partial charge in [0.05, 0.1) is 0 Å². The van der Waals surface area contributed by atoms with Crippen molar-refractivity contribution in [1.29, 1.82) is 5.26 Å². The Kier molecular flexibility index (Phi) is 25.2. The first-order valence-corrected chi connectivity index (χ1v) is 3.13. The fourth-order valence-electron chi connectivity index (χ4n) is 0.654. The third-order valence-electron chi connectivity index (χ3n) is 1.13. The normalized spacial score (nSPS) is 6.12. The van der Waals surface area contributed by atoms with Gasteiger partial charge >= 0.3 is 35.5 Å². The third kappa shape index (κ3) is 9.65. The molecule has 0 radical (unpaired) electrons. The average Bonchev–Trinajstić information content (AvgIpc) is 2.24. The molecular formula is C8H6FeN2NaO4-. The van der Waals surface area contributed by atoms with Gasteiger partial charge in [-0.25, -0.2) is 4.79 Å². The zero-order valence-corrected chi connectivity index (χ0v) is 11.4. The second-order valence-corrected chi connectivity index (χ2v) is 1.82. The summed E-state index contributed by atoms with van der Waals surface area (Å²) in [5, 5.41) is 23.6. The van der Waals surface area contributed by atoms with E-state index in [1.807, 2.05) is 0 Å². The van der Waals surface area contributed by atoms with Crippen molar-refractivity contribution in [3.05, 3.63) is 46.9 Å². The van der Waals surface area contributed by atoms with E-state index in [-0.39, 0.29) is 57.9 Å². The largest absolute Gasteiger partial charge is 1.00 e. The van der Waals surface area contributed by atoms with Crippen molar-refractivity contribution in [3.63, 3.8) is 0 Å². The minimum absolute atomic E-state index is 0. The molecule has 82 valence electrons. The Hall–Kier alpha value is -0.901. The Bertz CT molecular complexity index is 322. The van der Waals surface area contributed by atoms with Crippen LogP contribution in [0.5, 0.6) is 5.75 Å². The first-order chi connectivity index (χ1) is 6.72. The smallest absolute Gasteiger partial charge is 0.577 e. The number of rotatable bonds is 1. The number of carbonyl (C=O) groups is 1. The first kappa shape index (κ1) is 24.4. The van der Waals surface area contributed by atoms with Crippen LogP contribution < -0.4 is 29.6 Å². The summed E-state index contributed by atoms with van der Waals surface area (Å²) >= 11 is 0. The van der Waals surface area contributed by atoms with Crippen LogP contribution in [0.2, 0.25) is 0 Å². The standard InChI is InChI=1S/C7H6O3.CN.Fe.NO.Na/c8-6-4-2-1-3-5(6)7(9)10;1-2;;1-2;/h1-4,8H,(H,9,10);;;;/q;-1;;-1;+1. The number of hydrogen-bond acceptors (Lipinski definition) is 4. The van der Waals surface area contributed by atoms with Crippen molar-refractivity contribution in [1.82, 2.24) is 0 Å². The van der Waals surface area contributed by atoms with E-state index in [0.717, 1.165) is 0 Å². The summed E-state index contributed by atoms with van der Waals surface area (Å²) in [6, 6.07) is 5.81. The van der Waals surface area contributed by atoms with Crippen LogP contribution in [-0.4, -0.2) is 16.2 Å². The van der Waals surface area contributed by atoms with Gasteiger partial charge in [-0.1, -0.05) is 12.1 Å². The quantitative estimate of drug-likeness (QED) is 0.477. The summed E-state index contributed by atoms with van der Waals surface area (Å²) in [4.78, 5) is 17.5. The number of benzene rings is 1. The summed E-state index contributed by atoms with van der Waals surface area (Å²) in [5.74, 6) is -1.31. The summed E-state index contributed by atoms with van der Waals surface area (Å²) < 4.78 is 0. The van der Waals surface area contributed by atoms with Gasteiger partial charge in [0.2, 0.25) is 0 Å². The van der Waals surface area contributed by atoms with Gasteiger partial charge in [0.25, 0.3) is 0 Å². The molecule has 2 N–H and O–H groups in total. The van der Waals surface area contributed by atoms with Gasteiger partial charge < -0.3 is 32.5 Å². The first-order valence-electron chi connectivity index (χ1n) is 3.13. The van der Waals surface area contributed by atoms with Crippen LogP contribution in [0.4, 0.5) is 0 Å². The van der Waals surface area contributed by atoms with Gasteiger partial charge in [-0.3, -0.25) is 0 Å². The summed E-state index contributed by atoms with van der Waals surface area (Å²) in [5.41, 5.74) is 5.68. The molecule has 0 saturated carbocycles. The summed E-state index contributed by atoms with van der Waals surface area (Å²) in [6.45, 7) is 4.75. The van der Waals surface area contributed by atoms with Crippen LogP contribution in [0.15, 0.2) is 24.3 Å². The predicted molar refractivity (Wildman–Crippen MR) is 46.8 cm³/mol. The molecule has 0 saturated heterocycles. The SMILES string of the molecule is O=C(O)c1ccccc1O.[C-]#N.[Fe].[N-]=O.[Na+]. The van der Waals surface area contributed by atoms with Crippen molar-refractivity contribution < 1.29 is 61.6 Å². The number of para-hydroxylation sites is 1. The number of aromatic carboxylic acids is 1. The molecule has 8 heteroatoms. The minimum Gasteiger partial charge on any atom is -0.577 e. The molecule has 0 aromatic heterocycles. The molecule has 6 nitrogen and oxygen atoms in total. The monoisotopic (exact) mass is 273 g/mol. The van der Waals surface area contributed by atoms with E-state index in [2.05, 4.69) is 0 Å². The Labute approximate surface area is 125 Å². The van der Waals surface area contributed by atoms with Crippen LogP contribution in [0.1, 0.15) is 10.4 Å². The fourth-order valence-corrected chi connectivity index (χ4v) is 0.654. The van der Waals surface area contributed by atoms with E-state index in [0.29, 0.717) is 0 Å². The Morgan fingerprint density at radius 2 is 1.62 bits per heavy atom. The molecule has 0 heterocycles. The van der Waals surface area contributed by atoms with Crippen molar-refractivity contribution in [3.8, 4) is 5.75 Å². The van der Waals surface area contributed by atoms with Crippen LogP contribution in [0, 0.1) is 16.7 Å². The van der Waals surface area contributed by atoms with E-state index in [1.54, 1.807) is 12.1 Å². The van der Waals surface area contributed by atoms with Crippen molar-refractivity contribution in [2.75, 3.05) is 0 Å². The van der Waals surface area contributed by atoms with Crippen LogP contribution in [0.25, 0.3) is 5.59 Å². The van der Waals surface area contributed by atoms with Crippen molar-refractivity contribution >= 4 is 5.97 Å². The van der Waals surface area contributed by atoms with E-state index in [1.165, 1.54) is 12.1 Å². The number of aromatic hydroxyl groups is 1. The molecule has 0 atom stereocenters. The number of nitrogens with zero attached hydrogens (tertiary/aromatic N) is 2. The molecule has 1 rings (SSSR count). The number of carboxylic acids is 1. The maximum atomic E-state index is 10.3. The van der Waals surface area contributed by atoms with Gasteiger partial charge in [-0.05, 0) is 12.1 Å². The predicted octanol–water partition coefficient (Wildman–Crippen LogP) is -1.49. The molecular weight excluding hydrogens is 267 g/mol. The molecule has 0 unspecified atom stereocenters. The molecule has 16 heavy (non-hydrogen) atoms. The Balaban J connectivity index is -0.000000109. The van der Waals surface area contributed by atoms with Gasteiger partial charge in [0, 0.05) is 17.1 Å². The Morgan fingerprint density at radius 3 is 1.88 bits per heavy atom. The number of hydrogen-bond donors (Lipinski definition) is 2. The van der Waals surface area contributed by atoms with Crippen LogP contribution in [-0.2, 0) is 17.1 Å². The summed E-state index contributed by atoms with van der Waals surface area (Å²) in [6.07, 6.45) is 0. The molecule has 0 aliphatic rings. The second kappa shape index (κ2) is 16.5. The zero-order chi connectivity index (χ0) is 11.6. The Morgan fingerprint density at radius 1 is 1.25 bits per heavy atom. The van der Waals surface area contributed by atoms with E-state index >= 15 is 0 Å². The molecule has 0 spiro atoms. The number of nitroso groups, excluding NO2 is 1. The zero-order valence-electron chi connectivity index (χ0n) is 8.27.